The molecule has 6 nitrogen and oxygen atoms in total. The lowest BCUT2D eigenvalue weighted by molar-refractivity contribution is 0.605. The van der Waals surface area contributed by atoms with Gasteiger partial charge in [-0.3, -0.25) is 9.78 Å². The van der Waals surface area contributed by atoms with E-state index in [0.717, 1.165) is 0 Å². The van der Waals surface area contributed by atoms with Gasteiger partial charge < -0.3 is 0 Å². The summed E-state index contributed by atoms with van der Waals surface area (Å²) in [5.74, 6) is -0.280. The number of halogens is 1. The van der Waals surface area contributed by atoms with E-state index in [0.29, 0.717) is 0 Å². The molecule has 2 rings (SSSR count). The minimum atomic E-state index is -0.529. The number of hydrogen-bond acceptors (Lipinski definition) is 5. The second-order valence-electron chi connectivity index (χ2n) is 2.24. The summed E-state index contributed by atoms with van der Waals surface area (Å²) in [4.78, 5) is 24.4. The molecule has 0 amide bonds. The molecular weight excluding hydrogens is 177 g/mol. The molecule has 0 fully saturated rings. The van der Waals surface area contributed by atoms with Gasteiger partial charge in [-0.2, -0.15) is 10.5 Å². The van der Waals surface area contributed by atoms with Crippen molar-refractivity contribution in [3.05, 3.63) is 22.7 Å². The SMILES string of the molecule is O=c1[nH]c(NF)nc2nccnc12. The van der Waals surface area contributed by atoms with E-state index < -0.39 is 5.56 Å². The van der Waals surface area contributed by atoms with E-state index in [1.54, 1.807) is 0 Å². The first-order chi connectivity index (χ1) is 6.31. The predicted octanol–water partition coefficient (Wildman–Crippen LogP) is 0.00950. The summed E-state index contributed by atoms with van der Waals surface area (Å²) in [5.41, 5.74) is 0.884. The van der Waals surface area contributed by atoms with E-state index in [4.69, 9.17) is 0 Å². The maximum Gasteiger partial charge on any atom is 0.280 e. The average molecular weight is 181 g/mol. The van der Waals surface area contributed by atoms with Crippen molar-refractivity contribution in [1.29, 1.82) is 0 Å². The molecule has 0 aliphatic carbocycles. The summed E-state index contributed by atoms with van der Waals surface area (Å²) in [6, 6.07) is 0. The third kappa shape index (κ3) is 1.19. The van der Waals surface area contributed by atoms with Crippen LogP contribution in [0.1, 0.15) is 0 Å². The average Bonchev–Trinajstić information content (AvgIpc) is 2.18. The Morgan fingerprint density at radius 1 is 1.38 bits per heavy atom. The van der Waals surface area contributed by atoms with Gasteiger partial charge in [-0.15, -0.1) is 4.48 Å². The van der Waals surface area contributed by atoms with Gasteiger partial charge in [-0.1, -0.05) is 0 Å². The zero-order valence-electron chi connectivity index (χ0n) is 6.28. The van der Waals surface area contributed by atoms with Crippen LogP contribution in [-0.2, 0) is 0 Å². The van der Waals surface area contributed by atoms with Gasteiger partial charge in [0.15, 0.2) is 11.2 Å². The fraction of sp³-hybridized carbons (Fsp3) is 0. The van der Waals surface area contributed by atoms with Crippen LogP contribution in [-0.4, -0.2) is 19.9 Å². The number of H-pyrrole nitrogens is 1. The van der Waals surface area contributed by atoms with Crippen molar-refractivity contribution in [1.82, 2.24) is 19.9 Å². The Hall–Kier alpha value is -2.05. The number of fused-ring (bicyclic) bond motifs is 1. The van der Waals surface area contributed by atoms with E-state index in [-0.39, 0.29) is 17.1 Å². The highest BCUT2D eigenvalue weighted by Crippen LogP contribution is 2.01. The number of nitrogens with one attached hydrogen (secondary N) is 2. The highest BCUT2D eigenvalue weighted by atomic mass is 19.2. The van der Waals surface area contributed by atoms with Crippen molar-refractivity contribution in [3.8, 4) is 0 Å². The molecule has 7 heteroatoms. The first-order valence-electron chi connectivity index (χ1n) is 3.39. The molecular formula is C6H4FN5O. The Balaban J connectivity index is 2.85. The van der Waals surface area contributed by atoms with Gasteiger partial charge in [0.1, 0.15) is 0 Å². The summed E-state index contributed by atoms with van der Waals surface area (Å²) < 4.78 is 11.9. The topological polar surface area (TPSA) is 83.6 Å². The maximum atomic E-state index is 11.9. The molecule has 0 bridgehead atoms. The van der Waals surface area contributed by atoms with Gasteiger partial charge in [0.2, 0.25) is 5.95 Å². The van der Waals surface area contributed by atoms with Crippen molar-refractivity contribution >= 4 is 17.1 Å². The van der Waals surface area contributed by atoms with Crippen molar-refractivity contribution in [2.45, 2.75) is 0 Å². The molecule has 0 aliphatic rings. The molecule has 0 saturated heterocycles. The summed E-state index contributed by atoms with van der Waals surface area (Å²) in [5, 5.41) is 0. The zero-order valence-corrected chi connectivity index (χ0v) is 6.28. The molecule has 0 aromatic carbocycles. The highest BCUT2D eigenvalue weighted by molar-refractivity contribution is 5.68. The van der Waals surface area contributed by atoms with Crippen molar-refractivity contribution < 1.29 is 4.48 Å². The third-order valence-electron chi connectivity index (χ3n) is 1.43. The van der Waals surface area contributed by atoms with Gasteiger partial charge in [0.25, 0.3) is 5.56 Å². The van der Waals surface area contributed by atoms with Crippen LogP contribution in [0.15, 0.2) is 17.2 Å². The number of nitrogens with zero attached hydrogens (tertiary/aromatic N) is 3. The molecule has 66 valence electrons. The summed E-state index contributed by atoms with van der Waals surface area (Å²) in [6.45, 7) is 0. The van der Waals surface area contributed by atoms with E-state index in [1.807, 2.05) is 0 Å². The first kappa shape index (κ1) is 7.59. The molecule has 0 atom stereocenters. The van der Waals surface area contributed by atoms with E-state index in [1.165, 1.54) is 17.9 Å². The standard InChI is InChI=1S/C6H4FN5O/c7-12-6-10-4-3(5(13)11-6)8-1-2-9-4/h1-2H,(H2,9,10,11,12,13). The van der Waals surface area contributed by atoms with Crippen LogP contribution in [0.3, 0.4) is 0 Å². The summed E-state index contributed by atoms with van der Waals surface area (Å²) in [6.07, 6.45) is 2.73. The van der Waals surface area contributed by atoms with Gasteiger partial charge in [-0.25, -0.2) is 9.97 Å². The smallest absolute Gasteiger partial charge is 0.280 e. The zero-order chi connectivity index (χ0) is 9.26. The van der Waals surface area contributed by atoms with Crippen LogP contribution in [0.5, 0.6) is 0 Å². The third-order valence-corrected chi connectivity index (χ3v) is 1.43. The lowest BCUT2D eigenvalue weighted by Crippen LogP contribution is -2.12. The van der Waals surface area contributed by atoms with Gasteiger partial charge in [0.05, 0.1) is 0 Å². The van der Waals surface area contributed by atoms with Crippen LogP contribution >= 0.6 is 0 Å². The molecule has 2 N–H and O–H groups in total. The Morgan fingerprint density at radius 3 is 2.92 bits per heavy atom. The predicted molar refractivity (Wildman–Crippen MR) is 42.7 cm³/mol. The number of aromatic amines is 1. The lowest BCUT2D eigenvalue weighted by Gasteiger charge is -1.96. The van der Waals surface area contributed by atoms with Gasteiger partial charge in [0, 0.05) is 12.4 Å². The Bertz CT molecular complexity index is 496. The van der Waals surface area contributed by atoms with E-state index in [9.17, 15) is 9.28 Å². The van der Waals surface area contributed by atoms with Crippen LogP contribution in [0.2, 0.25) is 0 Å². The van der Waals surface area contributed by atoms with Crippen molar-refractivity contribution in [2.24, 2.45) is 0 Å². The van der Waals surface area contributed by atoms with Gasteiger partial charge in [-0.05, 0) is 0 Å². The minimum absolute atomic E-state index is 0.0847. The van der Waals surface area contributed by atoms with Crippen LogP contribution < -0.4 is 11.1 Å². The molecule has 0 saturated carbocycles. The normalized spacial score (nSPS) is 10.2. The second-order valence-corrected chi connectivity index (χ2v) is 2.24. The number of anilines is 1. The maximum absolute atomic E-state index is 11.9. The molecule has 0 aliphatic heterocycles. The largest absolute Gasteiger partial charge is 0.289 e. The van der Waals surface area contributed by atoms with E-state index >= 15 is 0 Å². The first-order valence-corrected chi connectivity index (χ1v) is 3.39. The molecule has 13 heavy (non-hydrogen) atoms. The van der Waals surface area contributed by atoms with Crippen LogP contribution in [0.25, 0.3) is 11.2 Å². The second kappa shape index (κ2) is 2.77. The highest BCUT2D eigenvalue weighted by Gasteiger charge is 2.03. The Morgan fingerprint density at radius 2 is 2.15 bits per heavy atom. The number of hydrogen-bond donors (Lipinski definition) is 2. The quantitative estimate of drug-likeness (QED) is 0.605. The lowest BCUT2D eigenvalue weighted by atomic mass is 10.5. The molecule has 0 unspecified atom stereocenters. The summed E-state index contributed by atoms with van der Waals surface area (Å²) >= 11 is 0. The fourth-order valence-electron chi connectivity index (χ4n) is 0.918. The Labute approximate surface area is 70.8 Å². The molecule has 2 heterocycles. The molecule has 2 aromatic rings. The van der Waals surface area contributed by atoms with Crippen LogP contribution in [0.4, 0.5) is 10.4 Å². The monoisotopic (exact) mass is 181 g/mol. The van der Waals surface area contributed by atoms with Crippen molar-refractivity contribution in [3.63, 3.8) is 0 Å². The van der Waals surface area contributed by atoms with Gasteiger partial charge >= 0.3 is 0 Å². The molecule has 2 aromatic heterocycles. The fourth-order valence-corrected chi connectivity index (χ4v) is 0.918. The Kier molecular flexibility index (Phi) is 1.62. The van der Waals surface area contributed by atoms with Crippen LogP contribution in [0, 0.1) is 0 Å². The number of rotatable bonds is 1. The summed E-state index contributed by atoms with van der Waals surface area (Å²) in [7, 11) is 0. The number of aromatic nitrogens is 4. The van der Waals surface area contributed by atoms with E-state index in [2.05, 4.69) is 19.9 Å². The van der Waals surface area contributed by atoms with Crippen molar-refractivity contribution in [2.75, 3.05) is 5.54 Å². The minimum Gasteiger partial charge on any atom is -0.289 e. The molecule has 0 spiro atoms. The molecule has 0 radical (unpaired) electrons.